The van der Waals surface area contributed by atoms with E-state index in [-0.39, 0.29) is 29.9 Å². The summed E-state index contributed by atoms with van der Waals surface area (Å²) >= 11 is 0. The Morgan fingerprint density at radius 1 is 1.25 bits per heavy atom. The molecule has 1 saturated heterocycles. The summed E-state index contributed by atoms with van der Waals surface area (Å²) in [5.74, 6) is 1.13. The zero-order valence-corrected chi connectivity index (χ0v) is 16.6. The highest BCUT2D eigenvalue weighted by atomic mass is 127. The summed E-state index contributed by atoms with van der Waals surface area (Å²) in [5, 5.41) is 6.70. The van der Waals surface area contributed by atoms with Crippen LogP contribution in [0, 0.1) is 0 Å². The first-order chi connectivity index (χ1) is 11.3. The molecule has 24 heavy (non-hydrogen) atoms. The molecule has 0 spiro atoms. The Hall–Kier alpha value is -1.31. The number of rotatable bonds is 5. The molecular formula is C18H27IN4O. The first-order valence-corrected chi connectivity index (χ1v) is 8.70. The van der Waals surface area contributed by atoms with Gasteiger partial charge in [0.05, 0.1) is 6.54 Å². The van der Waals surface area contributed by atoms with Gasteiger partial charge >= 0.3 is 0 Å². The summed E-state index contributed by atoms with van der Waals surface area (Å²) in [5.41, 5.74) is 2.16. The molecule has 1 heterocycles. The quantitative estimate of drug-likeness (QED) is 0.419. The van der Waals surface area contributed by atoms with E-state index in [9.17, 15) is 4.79 Å². The molecule has 0 unspecified atom stereocenters. The molecule has 1 aliphatic heterocycles. The Morgan fingerprint density at radius 3 is 2.62 bits per heavy atom. The van der Waals surface area contributed by atoms with Crippen molar-refractivity contribution in [1.82, 2.24) is 10.6 Å². The fourth-order valence-corrected chi connectivity index (χ4v) is 2.77. The molecule has 0 radical (unpaired) electrons. The fraction of sp³-hybridized carbons (Fsp3) is 0.556. The second-order valence-corrected chi connectivity index (χ2v) is 6.28. The zero-order valence-electron chi connectivity index (χ0n) is 14.3. The van der Waals surface area contributed by atoms with Crippen LogP contribution in [0.1, 0.15) is 44.6 Å². The maximum Gasteiger partial charge on any atom is 0.226 e. The molecule has 1 aliphatic carbocycles. The molecule has 2 aliphatic rings. The van der Waals surface area contributed by atoms with Gasteiger partial charge in [-0.05, 0) is 50.3 Å². The topological polar surface area (TPSA) is 56.7 Å². The minimum atomic E-state index is 0. The molecule has 1 saturated carbocycles. The zero-order chi connectivity index (χ0) is 16.1. The summed E-state index contributed by atoms with van der Waals surface area (Å²) in [6.45, 7) is 4.44. The molecule has 2 fully saturated rings. The molecule has 2 N–H and O–H groups in total. The standard InChI is InChI=1S/C18H26N4O.HI/c1-2-19-18(21-15-8-9-15)20-13-14-6-10-16(11-7-14)22-12-4-3-5-17(22)23;/h6-7,10-11,15H,2-5,8-9,12-13H2,1H3,(H2,19,20,21);1H. The van der Waals surface area contributed by atoms with E-state index in [2.05, 4.69) is 34.7 Å². The minimum absolute atomic E-state index is 0. The Morgan fingerprint density at radius 2 is 2.00 bits per heavy atom. The van der Waals surface area contributed by atoms with E-state index in [1.165, 1.54) is 12.8 Å². The summed E-state index contributed by atoms with van der Waals surface area (Å²) in [6, 6.07) is 8.81. The molecule has 0 atom stereocenters. The lowest BCUT2D eigenvalue weighted by Crippen LogP contribution is -2.38. The van der Waals surface area contributed by atoms with E-state index in [0.29, 0.717) is 19.0 Å². The molecule has 0 aromatic heterocycles. The van der Waals surface area contributed by atoms with Gasteiger partial charge in [0, 0.05) is 31.2 Å². The van der Waals surface area contributed by atoms with Crippen LogP contribution in [0.4, 0.5) is 5.69 Å². The van der Waals surface area contributed by atoms with Gasteiger partial charge in [0.2, 0.25) is 5.91 Å². The number of carbonyl (C=O) groups is 1. The van der Waals surface area contributed by atoms with Crippen molar-refractivity contribution in [3.8, 4) is 0 Å². The number of hydrogen-bond acceptors (Lipinski definition) is 2. The van der Waals surface area contributed by atoms with Crippen LogP contribution < -0.4 is 15.5 Å². The number of guanidine groups is 1. The predicted octanol–water partition coefficient (Wildman–Crippen LogP) is 3.04. The average Bonchev–Trinajstić information content (AvgIpc) is 3.38. The van der Waals surface area contributed by atoms with Crippen LogP contribution in [0.2, 0.25) is 0 Å². The third-order valence-electron chi connectivity index (χ3n) is 4.25. The molecule has 5 nitrogen and oxygen atoms in total. The van der Waals surface area contributed by atoms with Crippen molar-refractivity contribution in [2.24, 2.45) is 4.99 Å². The van der Waals surface area contributed by atoms with Gasteiger partial charge in [-0.15, -0.1) is 24.0 Å². The molecule has 6 heteroatoms. The Bertz CT molecular complexity index is 569. The lowest BCUT2D eigenvalue weighted by Gasteiger charge is -2.26. The van der Waals surface area contributed by atoms with Gasteiger partial charge in [0.15, 0.2) is 5.96 Å². The van der Waals surface area contributed by atoms with Crippen molar-refractivity contribution in [2.45, 2.75) is 51.6 Å². The predicted molar refractivity (Wildman–Crippen MR) is 109 cm³/mol. The molecule has 132 valence electrons. The number of nitrogens with one attached hydrogen (secondary N) is 2. The van der Waals surface area contributed by atoms with E-state index < -0.39 is 0 Å². The number of nitrogens with zero attached hydrogens (tertiary/aromatic N) is 2. The second-order valence-electron chi connectivity index (χ2n) is 6.28. The van der Waals surface area contributed by atoms with Gasteiger partial charge in [0.25, 0.3) is 0 Å². The lowest BCUT2D eigenvalue weighted by molar-refractivity contribution is -0.119. The molecule has 3 rings (SSSR count). The number of halogens is 1. The van der Waals surface area contributed by atoms with Gasteiger partial charge in [-0.25, -0.2) is 4.99 Å². The molecule has 1 aromatic carbocycles. The van der Waals surface area contributed by atoms with Crippen molar-refractivity contribution in [3.63, 3.8) is 0 Å². The van der Waals surface area contributed by atoms with Gasteiger partial charge in [-0.3, -0.25) is 4.79 Å². The summed E-state index contributed by atoms with van der Waals surface area (Å²) in [4.78, 5) is 18.5. The van der Waals surface area contributed by atoms with Crippen LogP contribution >= 0.6 is 24.0 Å². The maximum absolute atomic E-state index is 12.0. The highest BCUT2D eigenvalue weighted by Gasteiger charge is 2.22. The number of hydrogen-bond donors (Lipinski definition) is 2. The van der Waals surface area contributed by atoms with Crippen LogP contribution in [-0.4, -0.2) is 31.0 Å². The van der Waals surface area contributed by atoms with Crippen molar-refractivity contribution < 1.29 is 4.79 Å². The van der Waals surface area contributed by atoms with E-state index in [1.807, 2.05) is 17.0 Å². The van der Waals surface area contributed by atoms with E-state index in [1.54, 1.807) is 0 Å². The minimum Gasteiger partial charge on any atom is -0.357 e. The van der Waals surface area contributed by atoms with Gasteiger partial charge in [0.1, 0.15) is 0 Å². The van der Waals surface area contributed by atoms with Crippen LogP contribution in [0.15, 0.2) is 29.3 Å². The SMILES string of the molecule is CCNC(=NCc1ccc(N2CCCCC2=O)cc1)NC1CC1.I. The average molecular weight is 442 g/mol. The van der Waals surface area contributed by atoms with E-state index >= 15 is 0 Å². The first-order valence-electron chi connectivity index (χ1n) is 8.70. The molecule has 1 amide bonds. The summed E-state index contributed by atoms with van der Waals surface area (Å²) < 4.78 is 0. The largest absolute Gasteiger partial charge is 0.357 e. The summed E-state index contributed by atoms with van der Waals surface area (Å²) in [7, 11) is 0. The Kier molecular flexibility index (Phi) is 7.33. The summed E-state index contributed by atoms with van der Waals surface area (Å²) in [6.07, 6.45) is 5.26. The highest BCUT2D eigenvalue weighted by molar-refractivity contribution is 14.0. The van der Waals surface area contributed by atoms with Gasteiger partial charge in [-0.2, -0.15) is 0 Å². The van der Waals surface area contributed by atoms with Crippen molar-refractivity contribution in [2.75, 3.05) is 18.0 Å². The monoisotopic (exact) mass is 442 g/mol. The van der Waals surface area contributed by atoms with Crippen molar-refractivity contribution in [3.05, 3.63) is 29.8 Å². The number of benzene rings is 1. The number of carbonyl (C=O) groups excluding carboxylic acids is 1. The van der Waals surface area contributed by atoms with Crippen LogP contribution in [0.5, 0.6) is 0 Å². The van der Waals surface area contributed by atoms with E-state index in [4.69, 9.17) is 0 Å². The second kappa shape index (κ2) is 9.25. The smallest absolute Gasteiger partial charge is 0.226 e. The number of amides is 1. The molecule has 0 bridgehead atoms. The Balaban J connectivity index is 0.00000208. The number of anilines is 1. The van der Waals surface area contributed by atoms with Gasteiger partial charge in [-0.1, -0.05) is 12.1 Å². The fourth-order valence-electron chi connectivity index (χ4n) is 2.77. The number of aliphatic imine (C=N–C) groups is 1. The lowest BCUT2D eigenvalue weighted by atomic mass is 10.1. The highest BCUT2D eigenvalue weighted by Crippen LogP contribution is 2.21. The molecular weight excluding hydrogens is 415 g/mol. The Labute approximate surface area is 161 Å². The van der Waals surface area contributed by atoms with Crippen molar-refractivity contribution in [1.29, 1.82) is 0 Å². The van der Waals surface area contributed by atoms with Crippen LogP contribution in [0.3, 0.4) is 0 Å². The van der Waals surface area contributed by atoms with E-state index in [0.717, 1.165) is 43.1 Å². The van der Waals surface area contributed by atoms with Crippen LogP contribution in [0.25, 0.3) is 0 Å². The van der Waals surface area contributed by atoms with Crippen LogP contribution in [-0.2, 0) is 11.3 Å². The van der Waals surface area contributed by atoms with Crippen molar-refractivity contribution >= 4 is 41.5 Å². The maximum atomic E-state index is 12.0. The first kappa shape index (κ1) is 19.0. The molecule has 1 aromatic rings. The third-order valence-corrected chi connectivity index (χ3v) is 4.25. The third kappa shape index (κ3) is 5.36. The van der Waals surface area contributed by atoms with Gasteiger partial charge < -0.3 is 15.5 Å². The normalized spacial score (nSPS) is 18.1. The number of piperidine rings is 1.